The molecule has 1 rings (SSSR count). The Balaban J connectivity index is 3.49. The number of esters is 1. The second-order valence-corrected chi connectivity index (χ2v) is 9.52. The van der Waals surface area contributed by atoms with E-state index in [0.717, 1.165) is 0 Å². The first-order valence-electron chi connectivity index (χ1n) is 10.9. The lowest BCUT2D eigenvalue weighted by molar-refractivity contribution is -0.190. The van der Waals surface area contributed by atoms with Gasteiger partial charge in [0.25, 0.3) is 0 Å². The highest BCUT2D eigenvalue weighted by molar-refractivity contribution is 5.99. The summed E-state index contributed by atoms with van der Waals surface area (Å²) in [5.41, 5.74) is -2.65. The zero-order chi connectivity index (χ0) is 23.6. The van der Waals surface area contributed by atoms with Crippen molar-refractivity contribution in [2.75, 3.05) is 7.11 Å². The molecule has 0 saturated carbocycles. The van der Waals surface area contributed by atoms with E-state index in [0.29, 0.717) is 6.42 Å². The fourth-order valence-electron chi connectivity index (χ4n) is 4.61. The fourth-order valence-corrected chi connectivity index (χ4v) is 4.61. The molecule has 1 heterocycles. The maximum Gasteiger partial charge on any atom is 0.316 e. The zero-order valence-corrected chi connectivity index (χ0v) is 19.9. The number of carbonyl (C=O) groups is 3. The van der Waals surface area contributed by atoms with Crippen molar-refractivity contribution >= 4 is 17.5 Å². The summed E-state index contributed by atoms with van der Waals surface area (Å²) >= 11 is 0. The number of carbonyl (C=O) groups excluding carboxylic acids is 3. The molecule has 30 heavy (non-hydrogen) atoms. The van der Waals surface area contributed by atoms with Gasteiger partial charge >= 0.3 is 5.97 Å². The largest absolute Gasteiger partial charge is 0.459 e. The normalized spacial score (nSPS) is 45.0. The van der Waals surface area contributed by atoms with Crippen molar-refractivity contribution in [2.45, 2.75) is 91.6 Å². The van der Waals surface area contributed by atoms with E-state index in [1.807, 2.05) is 13.8 Å². The van der Waals surface area contributed by atoms with Crippen LogP contribution in [0.4, 0.5) is 0 Å². The lowest BCUT2D eigenvalue weighted by Gasteiger charge is -2.42. The molecular formula is C23H40O7. The Kier molecular flexibility index (Phi) is 8.80. The van der Waals surface area contributed by atoms with Gasteiger partial charge < -0.3 is 19.7 Å². The first-order chi connectivity index (χ1) is 13.6. The van der Waals surface area contributed by atoms with Gasteiger partial charge in [0.2, 0.25) is 0 Å². The lowest BCUT2D eigenvalue weighted by Crippen LogP contribution is -2.56. The summed E-state index contributed by atoms with van der Waals surface area (Å²) in [4.78, 5) is 38.8. The Bertz CT molecular complexity index is 643. The molecule has 0 aromatic carbocycles. The summed E-state index contributed by atoms with van der Waals surface area (Å²) in [6.45, 7) is 13.4. The Morgan fingerprint density at radius 3 is 2.03 bits per heavy atom. The van der Waals surface area contributed by atoms with Crippen molar-refractivity contribution in [3.8, 4) is 0 Å². The van der Waals surface area contributed by atoms with Gasteiger partial charge in [0.05, 0.1) is 11.7 Å². The number of rotatable bonds is 2. The molecule has 1 aliphatic rings. The molecule has 9 unspecified atom stereocenters. The number of aliphatic hydroxyl groups is 2. The van der Waals surface area contributed by atoms with E-state index in [9.17, 15) is 24.6 Å². The van der Waals surface area contributed by atoms with E-state index in [-0.39, 0.29) is 23.9 Å². The first-order valence-corrected chi connectivity index (χ1v) is 10.9. The molecule has 7 nitrogen and oxygen atoms in total. The molecule has 174 valence electrons. The highest BCUT2D eigenvalue weighted by Gasteiger charge is 2.48. The number of hydrogen-bond donors (Lipinski definition) is 2. The van der Waals surface area contributed by atoms with Crippen LogP contribution in [0, 0.1) is 29.6 Å². The van der Waals surface area contributed by atoms with E-state index < -0.39 is 53.1 Å². The number of methoxy groups -OCH3 is 1. The highest BCUT2D eigenvalue weighted by atomic mass is 16.6. The minimum atomic E-state index is -1.85. The van der Waals surface area contributed by atoms with Crippen molar-refractivity contribution in [3.05, 3.63) is 0 Å². The molecule has 2 N–H and O–H groups in total. The molecule has 0 amide bonds. The van der Waals surface area contributed by atoms with Crippen LogP contribution in [0.1, 0.15) is 68.2 Å². The van der Waals surface area contributed by atoms with Gasteiger partial charge in [-0.1, -0.05) is 34.6 Å². The maximum absolute atomic E-state index is 13.1. The van der Waals surface area contributed by atoms with E-state index in [2.05, 4.69) is 0 Å². The van der Waals surface area contributed by atoms with Gasteiger partial charge in [-0.05, 0) is 39.5 Å². The summed E-state index contributed by atoms with van der Waals surface area (Å²) < 4.78 is 11.2. The van der Waals surface area contributed by atoms with Crippen LogP contribution in [0.2, 0.25) is 0 Å². The molecule has 0 aliphatic carbocycles. The van der Waals surface area contributed by atoms with Crippen molar-refractivity contribution in [1.29, 1.82) is 0 Å². The van der Waals surface area contributed by atoms with Gasteiger partial charge in [-0.25, -0.2) is 0 Å². The minimum absolute atomic E-state index is 0.219. The van der Waals surface area contributed by atoms with Crippen LogP contribution in [-0.2, 0) is 23.9 Å². The van der Waals surface area contributed by atoms with Gasteiger partial charge in [0, 0.05) is 24.9 Å². The SMILES string of the molecule is CCC1OC(=O)C(C)C(=O)C(C)C(C)C(C)(OC)CC(C)C(=O)C(C)C(O)C1(C)O. The molecule has 0 radical (unpaired) electrons. The number of aliphatic hydroxyl groups excluding tert-OH is 1. The van der Waals surface area contributed by atoms with E-state index in [4.69, 9.17) is 9.47 Å². The van der Waals surface area contributed by atoms with Crippen LogP contribution in [0.5, 0.6) is 0 Å². The second-order valence-electron chi connectivity index (χ2n) is 9.52. The first kappa shape index (κ1) is 26.7. The molecule has 0 bridgehead atoms. The fraction of sp³-hybridized carbons (Fsp3) is 0.870. The van der Waals surface area contributed by atoms with Crippen LogP contribution >= 0.6 is 0 Å². The van der Waals surface area contributed by atoms with Gasteiger partial charge in [0.1, 0.15) is 29.2 Å². The van der Waals surface area contributed by atoms with Gasteiger partial charge in [-0.2, -0.15) is 0 Å². The highest BCUT2D eigenvalue weighted by Crippen LogP contribution is 2.37. The topological polar surface area (TPSA) is 110 Å². The summed E-state index contributed by atoms with van der Waals surface area (Å²) in [6, 6.07) is 0. The summed E-state index contributed by atoms with van der Waals surface area (Å²) in [6.07, 6.45) is -1.93. The quantitative estimate of drug-likeness (QED) is 0.514. The van der Waals surface area contributed by atoms with Crippen LogP contribution in [-0.4, -0.2) is 58.3 Å². The van der Waals surface area contributed by atoms with E-state index >= 15 is 0 Å². The van der Waals surface area contributed by atoms with Gasteiger partial charge in [-0.3, -0.25) is 14.4 Å². The average molecular weight is 429 g/mol. The van der Waals surface area contributed by atoms with Gasteiger partial charge in [-0.15, -0.1) is 0 Å². The van der Waals surface area contributed by atoms with Crippen LogP contribution in [0.25, 0.3) is 0 Å². The third-order valence-corrected chi connectivity index (χ3v) is 7.41. The average Bonchev–Trinajstić information content (AvgIpc) is 2.72. The third-order valence-electron chi connectivity index (χ3n) is 7.41. The van der Waals surface area contributed by atoms with E-state index in [1.54, 1.807) is 34.8 Å². The Hall–Kier alpha value is -1.31. The minimum Gasteiger partial charge on any atom is -0.459 e. The number of cyclic esters (lactones) is 1. The Labute approximate surface area is 180 Å². The van der Waals surface area contributed by atoms with Crippen molar-refractivity contribution in [2.24, 2.45) is 29.6 Å². The summed E-state index contributed by atoms with van der Waals surface area (Å²) in [5.74, 6) is -4.40. The smallest absolute Gasteiger partial charge is 0.316 e. The molecule has 0 aromatic heterocycles. The molecule has 1 saturated heterocycles. The van der Waals surface area contributed by atoms with Crippen molar-refractivity contribution < 1.29 is 34.1 Å². The number of ether oxygens (including phenoxy) is 2. The van der Waals surface area contributed by atoms with Crippen molar-refractivity contribution in [3.63, 3.8) is 0 Å². The summed E-state index contributed by atoms with van der Waals surface area (Å²) in [5, 5.41) is 21.8. The Morgan fingerprint density at radius 1 is 1.03 bits per heavy atom. The number of hydrogen-bond acceptors (Lipinski definition) is 7. The van der Waals surface area contributed by atoms with Crippen LogP contribution in [0.15, 0.2) is 0 Å². The summed E-state index contributed by atoms with van der Waals surface area (Å²) in [7, 11) is 1.54. The molecule has 7 heteroatoms. The van der Waals surface area contributed by atoms with Gasteiger partial charge in [0.15, 0.2) is 0 Å². The Morgan fingerprint density at radius 2 is 1.57 bits per heavy atom. The standard InChI is InChI=1S/C23H40O7/c1-10-17-23(8,28)20(26)14(4)18(24)12(2)11-22(7,29-9)16(6)13(3)19(25)15(5)21(27)30-17/h12-17,20,26,28H,10-11H2,1-9H3. The molecule has 0 aromatic rings. The zero-order valence-electron chi connectivity index (χ0n) is 19.9. The monoisotopic (exact) mass is 428 g/mol. The lowest BCUT2D eigenvalue weighted by atomic mass is 9.71. The molecular weight excluding hydrogens is 388 g/mol. The molecule has 1 fully saturated rings. The predicted molar refractivity (Wildman–Crippen MR) is 113 cm³/mol. The maximum atomic E-state index is 13.1. The van der Waals surface area contributed by atoms with Crippen LogP contribution < -0.4 is 0 Å². The van der Waals surface area contributed by atoms with E-state index in [1.165, 1.54) is 13.8 Å². The molecule has 9 atom stereocenters. The molecule has 0 spiro atoms. The predicted octanol–water partition coefficient (Wildman–Crippen LogP) is 2.55. The molecule has 1 aliphatic heterocycles. The number of Topliss-reactive ketones (excluding diaryl/α,β-unsaturated/α-hetero) is 2. The second kappa shape index (κ2) is 9.88. The van der Waals surface area contributed by atoms with Crippen molar-refractivity contribution in [1.82, 2.24) is 0 Å². The van der Waals surface area contributed by atoms with Crippen LogP contribution in [0.3, 0.4) is 0 Å². The number of ketones is 2. The third kappa shape index (κ3) is 5.11.